The molecular formula is C6H10O2Si. The number of carbonyl (C=O) groups is 1. The number of allylic oxidation sites excluding steroid dienone is 1. The highest BCUT2D eigenvalue weighted by atomic mass is 28.1. The lowest BCUT2D eigenvalue weighted by molar-refractivity contribution is -0.132. The molecule has 0 aromatic heterocycles. The lowest BCUT2D eigenvalue weighted by Crippen LogP contribution is -1.96. The van der Waals surface area contributed by atoms with Crippen molar-refractivity contribution in [1.29, 1.82) is 0 Å². The van der Waals surface area contributed by atoms with Gasteiger partial charge in [-0.1, -0.05) is 12.7 Å². The van der Waals surface area contributed by atoms with Gasteiger partial charge in [-0.15, -0.1) is 5.70 Å². The number of carboxylic acids is 1. The molecule has 0 atom stereocenters. The maximum absolute atomic E-state index is 10.1. The molecule has 0 spiro atoms. The Morgan fingerprint density at radius 1 is 1.78 bits per heavy atom. The van der Waals surface area contributed by atoms with Gasteiger partial charge in [-0.05, 0) is 6.42 Å². The van der Waals surface area contributed by atoms with Crippen molar-refractivity contribution in [2.24, 2.45) is 0 Å². The van der Waals surface area contributed by atoms with Gasteiger partial charge in [-0.2, -0.15) is 0 Å². The lowest BCUT2D eigenvalue weighted by atomic mass is 10.2. The van der Waals surface area contributed by atoms with E-state index in [9.17, 15) is 4.79 Å². The van der Waals surface area contributed by atoms with Crippen molar-refractivity contribution in [2.75, 3.05) is 0 Å². The topological polar surface area (TPSA) is 37.3 Å². The third kappa shape index (κ3) is 3.73. The fourth-order valence-corrected chi connectivity index (χ4v) is 0.583. The van der Waals surface area contributed by atoms with Crippen LogP contribution in [0.15, 0.2) is 23.9 Å². The maximum atomic E-state index is 10.1. The predicted molar refractivity (Wildman–Crippen MR) is 40.5 cm³/mol. The smallest absolute Gasteiger partial charge is 0.331 e. The van der Waals surface area contributed by atoms with Gasteiger partial charge >= 0.3 is 5.97 Å². The van der Waals surface area contributed by atoms with Crippen LogP contribution in [0.3, 0.4) is 0 Å². The SMILES string of the molecule is C=C(CC=C[SiH3])C(=O)O. The van der Waals surface area contributed by atoms with E-state index in [1.54, 1.807) is 0 Å². The molecule has 0 bridgehead atoms. The number of aliphatic carboxylic acids is 1. The molecule has 0 aromatic carbocycles. The monoisotopic (exact) mass is 142 g/mol. The molecule has 9 heavy (non-hydrogen) atoms. The van der Waals surface area contributed by atoms with E-state index in [0.29, 0.717) is 6.42 Å². The molecule has 0 aliphatic carbocycles. The minimum Gasteiger partial charge on any atom is -0.478 e. The van der Waals surface area contributed by atoms with Gasteiger partial charge in [0, 0.05) is 15.8 Å². The van der Waals surface area contributed by atoms with Crippen LogP contribution < -0.4 is 0 Å². The van der Waals surface area contributed by atoms with Crippen LogP contribution in [0.4, 0.5) is 0 Å². The van der Waals surface area contributed by atoms with Crippen molar-refractivity contribution in [3.8, 4) is 0 Å². The van der Waals surface area contributed by atoms with Crippen LogP contribution in [0.25, 0.3) is 0 Å². The summed E-state index contributed by atoms with van der Waals surface area (Å²) >= 11 is 0. The maximum Gasteiger partial charge on any atom is 0.331 e. The Balaban J connectivity index is 3.65. The second-order valence-corrected chi connectivity index (χ2v) is 2.35. The first-order valence-corrected chi connectivity index (χ1v) is 3.86. The quantitative estimate of drug-likeness (QED) is 0.441. The van der Waals surface area contributed by atoms with Crippen molar-refractivity contribution < 1.29 is 9.90 Å². The number of hydrogen-bond donors (Lipinski definition) is 1. The van der Waals surface area contributed by atoms with Crippen LogP contribution in [-0.2, 0) is 4.79 Å². The molecule has 0 radical (unpaired) electrons. The van der Waals surface area contributed by atoms with Gasteiger partial charge in [0.25, 0.3) is 0 Å². The third-order valence-corrected chi connectivity index (χ3v) is 1.37. The molecule has 0 unspecified atom stereocenters. The average molecular weight is 142 g/mol. The zero-order chi connectivity index (χ0) is 7.28. The van der Waals surface area contributed by atoms with Crippen LogP contribution in [0.1, 0.15) is 6.42 Å². The number of carboxylic acid groups (broad SMARTS) is 1. The molecule has 0 aliphatic rings. The van der Waals surface area contributed by atoms with Gasteiger partial charge in [0.2, 0.25) is 0 Å². The molecular weight excluding hydrogens is 132 g/mol. The molecule has 3 heteroatoms. The fraction of sp³-hybridized carbons (Fsp3) is 0.167. The number of hydrogen-bond acceptors (Lipinski definition) is 1. The second-order valence-electron chi connectivity index (χ2n) is 1.68. The van der Waals surface area contributed by atoms with Crippen LogP contribution in [0.5, 0.6) is 0 Å². The highest BCUT2D eigenvalue weighted by Gasteiger charge is 1.98. The zero-order valence-electron chi connectivity index (χ0n) is 5.42. The molecule has 0 aromatic rings. The van der Waals surface area contributed by atoms with Gasteiger partial charge < -0.3 is 5.11 Å². The van der Waals surface area contributed by atoms with E-state index >= 15 is 0 Å². The van der Waals surface area contributed by atoms with E-state index < -0.39 is 5.97 Å². The van der Waals surface area contributed by atoms with Crippen LogP contribution in [0.2, 0.25) is 0 Å². The Hall–Kier alpha value is -0.833. The van der Waals surface area contributed by atoms with Gasteiger partial charge in [-0.3, -0.25) is 0 Å². The Morgan fingerprint density at radius 2 is 2.33 bits per heavy atom. The summed E-state index contributed by atoms with van der Waals surface area (Å²) in [4.78, 5) is 10.1. The molecule has 0 saturated heterocycles. The summed E-state index contributed by atoms with van der Waals surface area (Å²) in [7, 11) is 0.976. The summed E-state index contributed by atoms with van der Waals surface area (Å²) < 4.78 is 0. The Bertz CT molecular complexity index is 149. The first-order chi connectivity index (χ1) is 4.18. The second kappa shape index (κ2) is 4.09. The van der Waals surface area contributed by atoms with Gasteiger partial charge in [0.05, 0.1) is 0 Å². The van der Waals surface area contributed by atoms with E-state index in [2.05, 4.69) is 6.58 Å². The van der Waals surface area contributed by atoms with E-state index in [4.69, 9.17) is 5.11 Å². The normalized spacial score (nSPS) is 10.2. The summed E-state index contributed by atoms with van der Waals surface area (Å²) in [6.45, 7) is 3.36. The molecule has 0 rings (SSSR count). The molecule has 1 N–H and O–H groups in total. The first kappa shape index (κ1) is 8.17. The van der Waals surface area contributed by atoms with E-state index in [-0.39, 0.29) is 5.57 Å². The fourth-order valence-electron chi connectivity index (χ4n) is 0.347. The summed E-state index contributed by atoms with van der Waals surface area (Å²) in [5, 5.41) is 8.29. The Labute approximate surface area is 57.3 Å². The molecule has 0 amide bonds. The van der Waals surface area contributed by atoms with Crippen molar-refractivity contribution in [1.82, 2.24) is 0 Å². The minimum absolute atomic E-state index is 0.252. The molecule has 2 nitrogen and oxygen atoms in total. The molecule has 0 fully saturated rings. The molecule has 0 aliphatic heterocycles. The van der Waals surface area contributed by atoms with Crippen molar-refractivity contribution in [3.63, 3.8) is 0 Å². The summed E-state index contributed by atoms with van der Waals surface area (Å²) in [5.41, 5.74) is 2.19. The van der Waals surface area contributed by atoms with Crippen LogP contribution in [-0.4, -0.2) is 21.3 Å². The average Bonchev–Trinajstić information content (AvgIpc) is 1.82. The molecule has 0 saturated carbocycles. The van der Waals surface area contributed by atoms with Crippen molar-refractivity contribution in [2.45, 2.75) is 6.42 Å². The zero-order valence-corrected chi connectivity index (χ0v) is 7.42. The lowest BCUT2D eigenvalue weighted by Gasteiger charge is -1.90. The van der Waals surface area contributed by atoms with Gasteiger partial charge in [0.1, 0.15) is 0 Å². The third-order valence-electron chi connectivity index (χ3n) is 0.902. The molecule has 0 heterocycles. The summed E-state index contributed by atoms with van der Waals surface area (Å²) in [6, 6.07) is 0. The highest BCUT2D eigenvalue weighted by Crippen LogP contribution is 1.97. The van der Waals surface area contributed by atoms with Crippen molar-refractivity contribution in [3.05, 3.63) is 23.9 Å². The highest BCUT2D eigenvalue weighted by molar-refractivity contribution is 6.17. The predicted octanol–water partition coefficient (Wildman–Crippen LogP) is -0.104. The van der Waals surface area contributed by atoms with E-state index in [1.165, 1.54) is 0 Å². The Morgan fingerprint density at radius 3 is 2.67 bits per heavy atom. The minimum atomic E-state index is -0.908. The largest absolute Gasteiger partial charge is 0.478 e. The van der Waals surface area contributed by atoms with Crippen LogP contribution in [0, 0.1) is 0 Å². The number of rotatable bonds is 3. The van der Waals surface area contributed by atoms with Crippen molar-refractivity contribution >= 4 is 16.2 Å². The summed E-state index contributed by atoms with van der Waals surface area (Å²) in [5.74, 6) is -0.908. The van der Waals surface area contributed by atoms with E-state index in [1.807, 2.05) is 11.8 Å². The first-order valence-electron chi connectivity index (χ1n) is 2.70. The van der Waals surface area contributed by atoms with Gasteiger partial charge in [0.15, 0.2) is 0 Å². The summed E-state index contributed by atoms with van der Waals surface area (Å²) in [6.07, 6.45) is 2.29. The standard InChI is InChI=1S/C6H10O2Si/c1-5(6(7)8)3-2-4-9/h2,4H,1,3H2,9H3,(H,7,8). The van der Waals surface area contributed by atoms with Crippen LogP contribution >= 0.6 is 0 Å². The van der Waals surface area contributed by atoms with E-state index in [0.717, 1.165) is 10.2 Å². The Kier molecular flexibility index (Phi) is 3.71. The van der Waals surface area contributed by atoms with Gasteiger partial charge in [-0.25, -0.2) is 4.79 Å². The molecule has 50 valence electrons.